The van der Waals surface area contributed by atoms with Crippen molar-refractivity contribution in [3.63, 3.8) is 0 Å². The van der Waals surface area contributed by atoms with E-state index in [1.807, 2.05) is 6.07 Å². The highest BCUT2D eigenvalue weighted by atomic mass is 35.5. The van der Waals surface area contributed by atoms with Crippen LogP contribution in [-0.4, -0.2) is 13.0 Å². The monoisotopic (exact) mass is 318 g/mol. The molecule has 1 amide bonds. The zero-order chi connectivity index (χ0) is 15.2. The molecular weight excluding hydrogens is 308 g/mol. The normalized spacial score (nSPS) is 10.8. The topological polar surface area (TPSA) is 62.1 Å². The number of nitrogens with one attached hydrogen (secondary N) is 1. The van der Waals surface area contributed by atoms with Crippen molar-refractivity contribution in [1.82, 2.24) is 0 Å². The van der Waals surface area contributed by atoms with E-state index < -0.39 is 5.91 Å². The van der Waals surface area contributed by atoms with E-state index in [1.54, 1.807) is 36.4 Å². The molecule has 0 aliphatic rings. The number of amides is 1. The molecule has 4 nitrogen and oxygen atoms in total. The Balaban J connectivity index is 2.22. The number of methoxy groups -OCH3 is 1. The Hall–Kier alpha value is -2.29. The van der Waals surface area contributed by atoms with E-state index >= 15 is 0 Å². The van der Waals surface area contributed by atoms with Crippen LogP contribution in [0.5, 0.6) is 5.75 Å². The van der Waals surface area contributed by atoms with E-state index in [-0.39, 0.29) is 5.57 Å². The van der Waals surface area contributed by atoms with Gasteiger partial charge < -0.3 is 10.1 Å². The Morgan fingerprint density at radius 2 is 2.14 bits per heavy atom. The minimum atomic E-state index is -0.494. The van der Waals surface area contributed by atoms with Crippen molar-refractivity contribution in [2.75, 3.05) is 12.4 Å². The minimum Gasteiger partial charge on any atom is -0.495 e. The van der Waals surface area contributed by atoms with Crippen molar-refractivity contribution in [3.05, 3.63) is 51.2 Å². The molecule has 0 aliphatic carbocycles. The number of halogens is 1. The van der Waals surface area contributed by atoms with Gasteiger partial charge in [-0.3, -0.25) is 4.79 Å². The molecule has 0 atom stereocenters. The maximum atomic E-state index is 12.1. The Morgan fingerprint density at radius 1 is 1.38 bits per heavy atom. The zero-order valence-corrected chi connectivity index (χ0v) is 12.7. The van der Waals surface area contributed by atoms with Gasteiger partial charge >= 0.3 is 0 Å². The van der Waals surface area contributed by atoms with Crippen molar-refractivity contribution in [3.8, 4) is 11.8 Å². The number of benzene rings is 1. The number of rotatable bonds is 4. The van der Waals surface area contributed by atoms with Crippen LogP contribution in [-0.2, 0) is 4.79 Å². The molecular formula is C15H11ClN2O2S. The van der Waals surface area contributed by atoms with E-state index in [4.69, 9.17) is 21.6 Å². The average Bonchev–Trinajstić information content (AvgIpc) is 2.90. The largest absolute Gasteiger partial charge is 0.495 e. The molecule has 0 saturated carbocycles. The summed E-state index contributed by atoms with van der Waals surface area (Å²) in [7, 11) is 1.51. The van der Waals surface area contributed by atoms with Gasteiger partial charge in [0.2, 0.25) is 0 Å². The van der Waals surface area contributed by atoms with Crippen molar-refractivity contribution >= 4 is 40.6 Å². The molecule has 21 heavy (non-hydrogen) atoms. The fourth-order valence-corrected chi connectivity index (χ4v) is 2.64. The molecule has 2 rings (SSSR count). The van der Waals surface area contributed by atoms with Gasteiger partial charge in [0.05, 0.1) is 17.1 Å². The summed E-state index contributed by atoms with van der Waals surface area (Å²) in [5.41, 5.74) is 0.509. The van der Waals surface area contributed by atoms with Crippen LogP contribution in [0.1, 0.15) is 4.88 Å². The molecule has 1 heterocycles. The van der Waals surface area contributed by atoms with Crippen molar-refractivity contribution in [2.45, 2.75) is 0 Å². The van der Waals surface area contributed by atoms with Crippen LogP contribution in [0.25, 0.3) is 6.08 Å². The van der Waals surface area contributed by atoms with E-state index in [9.17, 15) is 4.79 Å². The van der Waals surface area contributed by atoms with Crippen LogP contribution in [0.2, 0.25) is 4.34 Å². The number of anilines is 1. The van der Waals surface area contributed by atoms with Gasteiger partial charge in [0, 0.05) is 4.88 Å². The maximum absolute atomic E-state index is 12.1. The standard InChI is InChI=1S/C15H11ClN2O2S/c1-20-13-5-3-2-4-12(13)18-15(19)10(9-17)8-11-6-7-14(16)21-11/h2-8H,1H3,(H,18,19). The molecule has 6 heteroatoms. The highest BCUT2D eigenvalue weighted by Gasteiger charge is 2.12. The van der Waals surface area contributed by atoms with Crippen LogP contribution in [0, 0.1) is 11.3 Å². The number of nitrogens with zero attached hydrogens (tertiary/aromatic N) is 1. The number of thiophene rings is 1. The summed E-state index contributed by atoms with van der Waals surface area (Å²) in [6.07, 6.45) is 1.50. The second-order valence-electron chi connectivity index (χ2n) is 3.97. The lowest BCUT2D eigenvalue weighted by atomic mass is 10.2. The summed E-state index contributed by atoms with van der Waals surface area (Å²) in [6, 6.07) is 12.3. The molecule has 1 N–H and O–H groups in total. The predicted octanol–water partition coefficient (Wildman–Crippen LogP) is 3.96. The average molecular weight is 319 g/mol. The number of ether oxygens (including phenoxy) is 1. The van der Waals surface area contributed by atoms with Crippen molar-refractivity contribution in [1.29, 1.82) is 5.26 Å². The second-order valence-corrected chi connectivity index (χ2v) is 5.71. The summed E-state index contributed by atoms with van der Waals surface area (Å²) >= 11 is 7.12. The summed E-state index contributed by atoms with van der Waals surface area (Å²) in [5, 5.41) is 11.8. The lowest BCUT2D eigenvalue weighted by Gasteiger charge is -2.08. The molecule has 2 aromatic rings. The Morgan fingerprint density at radius 3 is 2.76 bits per heavy atom. The highest BCUT2D eigenvalue weighted by Crippen LogP contribution is 2.25. The number of hydrogen-bond acceptors (Lipinski definition) is 4. The van der Waals surface area contributed by atoms with Gasteiger partial charge in [-0.05, 0) is 30.3 Å². The zero-order valence-electron chi connectivity index (χ0n) is 11.1. The molecule has 0 unspecified atom stereocenters. The third-order valence-corrected chi connectivity index (χ3v) is 3.78. The van der Waals surface area contributed by atoms with E-state index in [0.29, 0.717) is 15.8 Å². The first kappa shape index (κ1) is 15.1. The van der Waals surface area contributed by atoms with Gasteiger partial charge in [-0.1, -0.05) is 23.7 Å². The molecule has 0 bridgehead atoms. The van der Waals surface area contributed by atoms with Gasteiger partial charge in [-0.25, -0.2) is 0 Å². The lowest BCUT2D eigenvalue weighted by Crippen LogP contribution is -2.14. The molecule has 106 valence electrons. The summed E-state index contributed by atoms with van der Waals surface area (Å²) < 4.78 is 5.75. The van der Waals surface area contributed by atoms with Crippen LogP contribution in [0.15, 0.2) is 42.0 Å². The summed E-state index contributed by atoms with van der Waals surface area (Å²) in [4.78, 5) is 12.9. The molecule has 0 radical (unpaired) electrons. The number of nitriles is 1. The van der Waals surface area contributed by atoms with Gasteiger partial charge in [-0.2, -0.15) is 5.26 Å². The second kappa shape index (κ2) is 6.93. The van der Waals surface area contributed by atoms with E-state index in [2.05, 4.69) is 5.32 Å². The molecule has 0 aliphatic heterocycles. The smallest absolute Gasteiger partial charge is 0.266 e. The first-order valence-electron chi connectivity index (χ1n) is 5.95. The summed E-state index contributed by atoms with van der Waals surface area (Å²) in [5.74, 6) is 0.0360. The third-order valence-electron chi connectivity index (χ3n) is 2.60. The third kappa shape index (κ3) is 3.85. The van der Waals surface area contributed by atoms with Gasteiger partial charge in [-0.15, -0.1) is 11.3 Å². The molecule has 0 saturated heterocycles. The fraction of sp³-hybridized carbons (Fsp3) is 0.0667. The number of para-hydroxylation sites is 2. The van der Waals surface area contributed by atoms with Crippen molar-refractivity contribution < 1.29 is 9.53 Å². The van der Waals surface area contributed by atoms with Gasteiger partial charge in [0.1, 0.15) is 17.4 Å². The SMILES string of the molecule is COc1ccccc1NC(=O)C(C#N)=Cc1ccc(Cl)s1. The Labute approximate surface area is 131 Å². The van der Waals surface area contributed by atoms with Gasteiger partial charge in [0.15, 0.2) is 0 Å². The molecule has 1 aromatic heterocycles. The van der Waals surface area contributed by atoms with Gasteiger partial charge in [0.25, 0.3) is 5.91 Å². The van der Waals surface area contributed by atoms with E-state index in [0.717, 1.165) is 4.88 Å². The predicted molar refractivity (Wildman–Crippen MR) is 84.5 cm³/mol. The lowest BCUT2D eigenvalue weighted by molar-refractivity contribution is -0.112. The summed E-state index contributed by atoms with van der Waals surface area (Å²) in [6.45, 7) is 0. The van der Waals surface area contributed by atoms with Crippen molar-refractivity contribution in [2.24, 2.45) is 0 Å². The number of carbonyl (C=O) groups excluding carboxylic acids is 1. The quantitative estimate of drug-likeness (QED) is 0.685. The number of carbonyl (C=O) groups is 1. The number of hydrogen-bond donors (Lipinski definition) is 1. The maximum Gasteiger partial charge on any atom is 0.266 e. The van der Waals surface area contributed by atoms with Crippen LogP contribution >= 0.6 is 22.9 Å². The Bertz CT molecular complexity index is 731. The molecule has 0 fully saturated rings. The van der Waals surface area contributed by atoms with Crippen LogP contribution in [0.4, 0.5) is 5.69 Å². The Kier molecular flexibility index (Phi) is 4.99. The first-order chi connectivity index (χ1) is 10.1. The van der Waals surface area contributed by atoms with Crippen LogP contribution < -0.4 is 10.1 Å². The fourth-order valence-electron chi connectivity index (χ4n) is 1.63. The molecule has 1 aromatic carbocycles. The highest BCUT2D eigenvalue weighted by molar-refractivity contribution is 7.17. The van der Waals surface area contributed by atoms with Crippen LogP contribution in [0.3, 0.4) is 0 Å². The first-order valence-corrected chi connectivity index (χ1v) is 7.15. The minimum absolute atomic E-state index is 0.000534. The van der Waals surface area contributed by atoms with E-state index in [1.165, 1.54) is 24.5 Å². The molecule has 0 spiro atoms.